The molecule has 1 aromatic heterocycles. The van der Waals surface area contributed by atoms with E-state index >= 15 is 0 Å². The maximum atomic E-state index is 12.5. The van der Waals surface area contributed by atoms with E-state index < -0.39 is 11.7 Å². The molecule has 110 valence electrons. The quantitative estimate of drug-likeness (QED) is 0.839. The third kappa shape index (κ3) is 3.60. The van der Waals surface area contributed by atoms with Gasteiger partial charge in [-0.25, -0.2) is 0 Å². The molecule has 0 saturated heterocycles. The van der Waals surface area contributed by atoms with Gasteiger partial charge in [-0.05, 0) is 44.9 Å². The lowest BCUT2D eigenvalue weighted by molar-refractivity contribution is -0.137. The molecule has 2 rings (SSSR count). The van der Waals surface area contributed by atoms with Gasteiger partial charge in [0.05, 0.1) is 17.3 Å². The molecule has 1 aliphatic rings. The maximum Gasteiger partial charge on any atom is 0.417 e. The molecule has 0 radical (unpaired) electrons. The molecule has 0 aliphatic heterocycles. The summed E-state index contributed by atoms with van der Waals surface area (Å²) in [6.45, 7) is 0. The molecule has 0 bridgehead atoms. The lowest BCUT2D eigenvalue weighted by Gasteiger charge is -2.19. The van der Waals surface area contributed by atoms with E-state index in [0.717, 1.165) is 31.5 Å². The number of likely N-dealkylation sites (N-methyl/N-ethyl adjacent to an activating group) is 1. The number of alkyl halides is 3. The highest BCUT2D eigenvalue weighted by atomic mass is 19.4. The van der Waals surface area contributed by atoms with Gasteiger partial charge in [-0.3, -0.25) is 4.98 Å². The van der Waals surface area contributed by atoms with E-state index in [9.17, 15) is 13.2 Å². The standard InChI is InChI=1S/C15H19F3N2/c1-19-14(11-6-4-2-3-5-7-11)13-9-8-12(10-20-13)15(16,17)18/h6,8-10,14,19H,2-5,7H2,1H3. The highest BCUT2D eigenvalue weighted by Crippen LogP contribution is 2.31. The van der Waals surface area contributed by atoms with Crippen LogP contribution in [0.5, 0.6) is 0 Å². The molecule has 0 spiro atoms. The van der Waals surface area contributed by atoms with Crippen LogP contribution in [-0.2, 0) is 6.18 Å². The summed E-state index contributed by atoms with van der Waals surface area (Å²) < 4.78 is 37.6. The van der Waals surface area contributed by atoms with Crippen LogP contribution in [0.1, 0.15) is 49.4 Å². The van der Waals surface area contributed by atoms with Crippen LogP contribution in [0.2, 0.25) is 0 Å². The number of pyridine rings is 1. The first-order valence-corrected chi connectivity index (χ1v) is 6.91. The van der Waals surface area contributed by atoms with Crippen molar-refractivity contribution in [2.45, 2.75) is 44.3 Å². The molecule has 0 saturated carbocycles. The first-order chi connectivity index (χ1) is 9.52. The summed E-state index contributed by atoms with van der Waals surface area (Å²) in [6.07, 6.45) is 4.32. The normalized spacial score (nSPS) is 18.3. The van der Waals surface area contributed by atoms with Crippen molar-refractivity contribution in [3.63, 3.8) is 0 Å². The van der Waals surface area contributed by atoms with Crippen LogP contribution in [0, 0.1) is 0 Å². The van der Waals surface area contributed by atoms with Crippen molar-refractivity contribution in [2.24, 2.45) is 0 Å². The molecule has 1 unspecified atom stereocenters. The van der Waals surface area contributed by atoms with Crippen LogP contribution in [0.3, 0.4) is 0 Å². The number of aromatic nitrogens is 1. The summed E-state index contributed by atoms with van der Waals surface area (Å²) in [7, 11) is 1.82. The molecule has 0 fully saturated rings. The van der Waals surface area contributed by atoms with Gasteiger partial charge in [0, 0.05) is 6.20 Å². The lowest BCUT2D eigenvalue weighted by Crippen LogP contribution is -2.20. The molecule has 0 aromatic carbocycles. The Morgan fingerprint density at radius 2 is 2.00 bits per heavy atom. The van der Waals surface area contributed by atoms with Crippen molar-refractivity contribution < 1.29 is 13.2 Å². The predicted molar refractivity (Wildman–Crippen MR) is 72.2 cm³/mol. The fourth-order valence-corrected chi connectivity index (χ4v) is 2.57. The Hall–Kier alpha value is -1.36. The molecule has 2 nitrogen and oxygen atoms in total. The minimum Gasteiger partial charge on any atom is -0.308 e. The van der Waals surface area contributed by atoms with Gasteiger partial charge in [0.15, 0.2) is 0 Å². The van der Waals surface area contributed by atoms with Gasteiger partial charge in [0.2, 0.25) is 0 Å². The summed E-state index contributed by atoms with van der Waals surface area (Å²) in [5.74, 6) is 0. The molecule has 1 atom stereocenters. The van der Waals surface area contributed by atoms with E-state index in [4.69, 9.17) is 0 Å². The molecule has 1 heterocycles. The van der Waals surface area contributed by atoms with E-state index in [1.54, 1.807) is 0 Å². The van der Waals surface area contributed by atoms with Crippen molar-refractivity contribution in [3.8, 4) is 0 Å². The number of nitrogens with zero attached hydrogens (tertiary/aromatic N) is 1. The van der Waals surface area contributed by atoms with Crippen molar-refractivity contribution in [1.29, 1.82) is 0 Å². The Balaban J connectivity index is 2.21. The molecule has 1 aromatic rings. The summed E-state index contributed by atoms with van der Waals surface area (Å²) in [6, 6.07) is 2.48. The Kier molecular flexibility index (Phi) is 4.81. The zero-order chi connectivity index (χ0) is 14.6. The van der Waals surface area contributed by atoms with Gasteiger partial charge >= 0.3 is 6.18 Å². The number of halogens is 3. The van der Waals surface area contributed by atoms with E-state index in [1.165, 1.54) is 24.5 Å². The van der Waals surface area contributed by atoms with Gasteiger partial charge in [-0.15, -0.1) is 0 Å². The Bertz CT molecular complexity index is 463. The van der Waals surface area contributed by atoms with Gasteiger partial charge in [0.1, 0.15) is 0 Å². The maximum absolute atomic E-state index is 12.5. The topological polar surface area (TPSA) is 24.9 Å². The van der Waals surface area contributed by atoms with Gasteiger partial charge < -0.3 is 5.32 Å². The van der Waals surface area contributed by atoms with Crippen molar-refractivity contribution in [1.82, 2.24) is 10.3 Å². The van der Waals surface area contributed by atoms with Crippen molar-refractivity contribution in [3.05, 3.63) is 41.2 Å². The third-order valence-electron chi connectivity index (χ3n) is 3.65. The van der Waals surface area contributed by atoms with E-state index in [-0.39, 0.29) is 6.04 Å². The molecule has 1 aliphatic carbocycles. The molecule has 0 amide bonds. The largest absolute Gasteiger partial charge is 0.417 e. The number of hydrogen-bond acceptors (Lipinski definition) is 2. The summed E-state index contributed by atoms with van der Waals surface area (Å²) in [5.41, 5.74) is 1.18. The fraction of sp³-hybridized carbons (Fsp3) is 0.533. The smallest absolute Gasteiger partial charge is 0.308 e. The molecular weight excluding hydrogens is 265 g/mol. The molecule has 20 heavy (non-hydrogen) atoms. The van der Waals surface area contributed by atoms with E-state index in [2.05, 4.69) is 16.4 Å². The second-order valence-corrected chi connectivity index (χ2v) is 5.07. The average molecular weight is 284 g/mol. The minimum atomic E-state index is -4.33. The van der Waals surface area contributed by atoms with Gasteiger partial charge in [0.25, 0.3) is 0 Å². The zero-order valence-electron chi connectivity index (χ0n) is 11.5. The highest BCUT2D eigenvalue weighted by molar-refractivity contribution is 5.26. The van der Waals surface area contributed by atoms with Crippen LogP contribution >= 0.6 is 0 Å². The number of nitrogens with one attached hydrogen (secondary N) is 1. The molecule has 1 N–H and O–H groups in total. The second-order valence-electron chi connectivity index (χ2n) is 5.07. The molecular formula is C15H19F3N2. The fourth-order valence-electron chi connectivity index (χ4n) is 2.57. The van der Waals surface area contributed by atoms with Gasteiger partial charge in [-0.2, -0.15) is 13.2 Å². The van der Waals surface area contributed by atoms with Crippen molar-refractivity contribution >= 4 is 0 Å². The average Bonchev–Trinajstić information content (AvgIpc) is 2.68. The third-order valence-corrected chi connectivity index (χ3v) is 3.65. The van der Waals surface area contributed by atoms with Crippen LogP contribution in [0.15, 0.2) is 30.0 Å². The first kappa shape index (κ1) is 15.0. The predicted octanol–water partition coefficient (Wildman–Crippen LogP) is 4.25. The summed E-state index contributed by atoms with van der Waals surface area (Å²) >= 11 is 0. The van der Waals surface area contributed by atoms with Crippen LogP contribution < -0.4 is 5.32 Å². The number of rotatable bonds is 3. The second kappa shape index (κ2) is 6.39. The van der Waals surface area contributed by atoms with Crippen molar-refractivity contribution in [2.75, 3.05) is 7.05 Å². The van der Waals surface area contributed by atoms with Crippen LogP contribution in [-0.4, -0.2) is 12.0 Å². The number of hydrogen-bond donors (Lipinski definition) is 1. The van der Waals surface area contributed by atoms with E-state index in [1.807, 2.05) is 7.05 Å². The minimum absolute atomic E-state index is 0.0876. The van der Waals surface area contributed by atoms with Crippen LogP contribution in [0.25, 0.3) is 0 Å². The Labute approximate surface area is 117 Å². The summed E-state index contributed by atoms with van der Waals surface area (Å²) in [5, 5.41) is 3.16. The van der Waals surface area contributed by atoms with E-state index in [0.29, 0.717) is 5.69 Å². The lowest BCUT2D eigenvalue weighted by atomic mass is 9.98. The monoisotopic (exact) mass is 284 g/mol. The Morgan fingerprint density at radius 3 is 2.60 bits per heavy atom. The zero-order valence-corrected chi connectivity index (χ0v) is 11.5. The van der Waals surface area contributed by atoms with Crippen LogP contribution in [0.4, 0.5) is 13.2 Å². The highest BCUT2D eigenvalue weighted by Gasteiger charge is 2.31. The first-order valence-electron chi connectivity index (χ1n) is 6.91. The Morgan fingerprint density at radius 1 is 1.20 bits per heavy atom. The summed E-state index contributed by atoms with van der Waals surface area (Å²) in [4.78, 5) is 4.00. The van der Waals surface area contributed by atoms with Gasteiger partial charge in [-0.1, -0.05) is 18.1 Å². The number of allylic oxidation sites excluding steroid dienone is 1. The SMILES string of the molecule is CNC(C1=CCCCCC1)c1ccc(C(F)(F)F)cn1. The molecule has 5 heteroatoms.